The fraction of sp³-hybridized carbons (Fsp3) is 0.444. The van der Waals surface area contributed by atoms with Crippen LogP contribution < -0.4 is 0 Å². The highest BCUT2D eigenvalue weighted by Crippen LogP contribution is 2.14. The molecule has 0 aliphatic heterocycles. The summed E-state index contributed by atoms with van der Waals surface area (Å²) in [4.78, 5) is 3.97. The van der Waals surface area contributed by atoms with Crippen LogP contribution in [0, 0.1) is 0 Å². The minimum atomic E-state index is -0.0383. The summed E-state index contributed by atoms with van der Waals surface area (Å²) in [6.07, 6.45) is 3.82. The molecular formula is C9H12ClNO. The molecule has 66 valence electrons. The number of aryl methyl sites for hydroxylation is 1. The Balaban J connectivity index is 2.89. The van der Waals surface area contributed by atoms with Crippen molar-refractivity contribution in [3.05, 3.63) is 28.5 Å². The van der Waals surface area contributed by atoms with Gasteiger partial charge in [0.2, 0.25) is 0 Å². The quantitative estimate of drug-likeness (QED) is 0.733. The second kappa shape index (κ2) is 4.43. The Hall–Kier alpha value is -0.600. The maximum atomic E-state index is 8.89. The Morgan fingerprint density at radius 3 is 2.92 bits per heavy atom. The first-order valence-corrected chi connectivity index (χ1v) is 4.40. The van der Waals surface area contributed by atoms with E-state index < -0.39 is 0 Å². The SMILES string of the molecule is CCCc1cnc(Cl)c(CO)c1. The maximum Gasteiger partial charge on any atom is 0.134 e. The van der Waals surface area contributed by atoms with Crippen LogP contribution in [0.1, 0.15) is 24.5 Å². The summed E-state index contributed by atoms with van der Waals surface area (Å²) in [6, 6.07) is 1.90. The third-order valence-corrected chi connectivity index (χ3v) is 2.02. The summed E-state index contributed by atoms with van der Waals surface area (Å²) in [6.45, 7) is 2.07. The van der Waals surface area contributed by atoms with E-state index in [1.54, 1.807) is 6.20 Å². The Labute approximate surface area is 77.2 Å². The highest BCUT2D eigenvalue weighted by Gasteiger charge is 2.01. The van der Waals surface area contributed by atoms with Crippen molar-refractivity contribution in [3.8, 4) is 0 Å². The molecule has 0 radical (unpaired) electrons. The average Bonchev–Trinajstić information content (AvgIpc) is 2.09. The lowest BCUT2D eigenvalue weighted by Crippen LogP contribution is -1.92. The summed E-state index contributed by atoms with van der Waals surface area (Å²) in [5, 5.41) is 9.29. The van der Waals surface area contributed by atoms with Crippen molar-refractivity contribution in [1.29, 1.82) is 0 Å². The summed E-state index contributed by atoms with van der Waals surface area (Å²) in [5.41, 5.74) is 1.84. The number of hydrogen-bond acceptors (Lipinski definition) is 2. The van der Waals surface area contributed by atoms with Gasteiger partial charge in [0, 0.05) is 11.8 Å². The first kappa shape index (κ1) is 9.49. The number of rotatable bonds is 3. The van der Waals surface area contributed by atoms with E-state index in [9.17, 15) is 0 Å². The normalized spacial score (nSPS) is 10.2. The van der Waals surface area contributed by atoms with Crippen molar-refractivity contribution in [2.24, 2.45) is 0 Å². The minimum Gasteiger partial charge on any atom is -0.392 e. The van der Waals surface area contributed by atoms with Crippen molar-refractivity contribution >= 4 is 11.6 Å². The Bertz CT molecular complexity index is 263. The number of aromatic nitrogens is 1. The first-order chi connectivity index (χ1) is 5.77. The van der Waals surface area contributed by atoms with Gasteiger partial charge in [-0.3, -0.25) is 0 Å². The molecule has 2 nitrogen and oxygen atoms in total. The molecule has 0 aliphatic rings. The van der Waals surface area contributed by atoms with Gasteiger partial charge in [0.15, 0.2) is 0 Å². The number of aliphatic hydroxyl groups is 1. The van der Waals surface area contributed by atoms with Crippen LogP contribution in [-0.4, -0.2) is 10.1 Å². The molecule has 0 saturated carbocycles. The molecule has 1 rings (SSSR count). The van der Waals surface area contributed by atoms with Crippen molar-refractivity contribution in [2.45, 2.75) is 26.4 Å². The molecule has 0 saturated heterocycles. The number of halogens is 1. The Kier molecular flexibility index (Phi) is 3.50. The zero-order chi connectivity index (χ0) is 8.97. The van der Waals surface area contributed by atoms with Crippen LogP contribution in [0.5, 0.6) is 0 Å². The van der Waals surface area contributed by atoms with Gasteiger partial charge in [-0.1, -0.05) is 24.9 Å². The summed E-state index contributed by atoms with van der Waals surface area (Å²) < 4.78 is 0. The van der Waals surface area contributed by atoms with Gasteiger partial charge >= 0.3 is 0 Å². The van der Waals surface area contributed by atoms with E-state index in [-0.39, 0.29) is 6.61 Å². The van der Waals surface area contributed by atoms with Gasteiger partial charge in [-0.05, 0) is 18.1 Å². The highest BCUT2D eigenvalue weighted by molar-refractivity contribution is 6.30. The van der Waals surface area contributed by atoms with Crippen LogP contribution in [0.15, 0.2) is 12.3 Å². The van der Waals surface area contributed by atoms with Crippen LogP contribution in [0.3, 0.4) is 0 Å². The van der Waals surface area contributed by atoms with Gasteiger partial charge in [0.1, 0.15) is 5.15 Å². The van der Waals surface area contributed by atoms with Crippen LogP contribution in [0.2, 0.25) is 5.15 Å². The molecule has 1 aromatic heterocycles. The molecule has 1 heterocycles. The van der Waals surface area contributed by atoms with Gasteiger partial charge in [0.05, 0.1) is 6.61 Å². The standard InChI is InChI=1S/C9H12ClNO/c1-2-3-7-4-8(6-12)9(10)11-5-7/h4-5,12H,2-3,6H2,1H3. The molecule has 0 unspecified atom stereocenters. The fourth-order valence-corrected chi connectivity index (χ4v) is 1.24. The zero-order valence-corrected chi connectivity index (χ0v) is 7.80. The average molecular weight is 186 g/mol. The van der Waals surface area contributed by atoms with E-state index >= 15 is 0 Å². The fourth-order valence-electron chi connectivity index (χ4n) is 1.08. The second-order valence-electron chi connectivity index (χ2n) is 2.70. The van der Waals surface area contributed by atoms with Crippen LogP contribution in [0.25, 0.3) is 0 Å². The van der Waals surface area contributed by atoms with E-state index in [1.165, 1.54) is 0 Å². The van der Waals surface area contributed by atoms with Crippen molar-refractivity contribution in [3.63, 3.8) is 0 Å². The molecular weight excluding hydrogens is 174 g/mol. The van der Waals surface area contributed by atoms with E-state index in [1.807, 2.05) is 6.07 Å². The zero-order valence-electron chi connectivity index (χ0n) is 7.05. The minimum absolute atomic E-state index is 0.0383. The molecule has 0 aromatic carbocycles. The highest BCUT2D eigenvalue weighted by atomic mass is 35.5. The molecule has 1 N–H and O–H groups in total. The third kappa shape index (κ3) is 2.19. The van der Waals surface area contributed by atoms with Gasteiger partial charge in [-0.15, -0.1) is 0 Å². The predicted octanol–water partition coefficient (Wildman–Crippen LogP) is 2.18. The molecule has 0 spiro atoms. The van der Waals surface area contributed by atoms with Gasteiger partial charge in [-0.2, -0.15) is 0 Å². The van der Waals surface area contributed by atoms with Gasteiger partial charge in [-0.25, -0.2) is 4.98 Å². The van der Waals surface area contributed by atoms with E-state index in [2.05, 4.69) is 11.9 Å². The molecule has 0 atom stereocenters. The predicted molar refractivity (Wildman–Crippen MR) is 49.2 cm³/mol. The van der Waals surface area contributed by atoms with Crippen molar-refractivity contribution in [2.75, 3.05) is 0 Å². The lowest BCUT2D eigenvalue weighted by Gasteiger charge is -2.02. The Morgan fingerprint density at radius 2 is 2.33 bits per heavy atom. The topological polar surface area (TPSA) is 33.1 Å². The summed E-state index contributed by atoms with van der Waals surface area (Å²) >= 11 is 5.73. The van der Waals surface area contributed by atoms with Crippen LogP contribution in [-0.2, 0) is 13.0 Å². The second-order valence-corrected chi connectivity index (χ2v) is 3.06. The maximum absolute atomic E-state index is 8.89. The monoisotopic (exact) mass is 185 g/mol. The number of pyridine rings is 1. The lowest BCUT2D eigenvalue weighted by atomic mass is 10.1. The number of nitrogens with zero attached hydrogens (tertiary/aromatic N) is 1. The van der Waals surface area contributed by atoms with E-state index in [0.29, 0.717) is 10.7 Å². The molecule has 0 fully saturated rings. The molecule has 0 bridgehead atoms. The van der Waals surface area contributed by atoms with Crippen molar-refractivity contribution < 1.29 is 5.11 Å². The van der Waals surface area contributed by atoms with E-state index in [0.717, 1.165) is 18.4 Å². The molecule has 0 amide bonds. The molecule has 1 aromatic rings. The van der Waals surface area contributed by atoms with Gasteiger partial charge < -0.3 is 5.11 Å². The lowest BCUT2D eigenvalue weighted by molar-refractivity contribution is 0.281. The Morgan fingerprint density at radius 1 is 1.58 bits per heavy atom. The smallest absolute Gasteiger partial charge is 0.134 e. The summed E-state index contributed by atoms with van der Waals surface area (Å²) in [5.74, 6) is 0. The largest absolute Gasteiger partial charge is 0.392 e. The van der Waals surface area contributed by atoms with E-state index in [4.69, 9.17) is 16.7 Å². The first-order valence-electron chi connectivity index (χ1n) is 4.02. The van der Waals surface area contributed by atoms with Crippen LogP contribution >= 0.6 is 11.6 Å². The molecule has 0 aliphatic carbocycles. The third-order valence-electron chi connectivity index (χ3n) is 1.68. The van der Waals surface area contributed by atoms with Crippen LogP contribution in [0.4, 0.5) is 0 Å². The molecule has 3 heteroatoms. The molecule has 12 heavy (non-hydrogen) atoms. The number of hydrogen-bond donors (Lipinski definition) is 1. The van der Waals surface area contributed by atoms with Gasteiger partial charge in [0.25, 0.3) is 0 Å². The van der Waals surface area contributed by atoms with Crippen molar-refractivity contribution in [1.82, 2.24) is 4.98 Å². The number of aliphatic hydroxyl groups excluding tert-OH is 1. The summed E-state index contributed by atoms with van der Waals surface area (Å²) in [7, 11) is 0.